The van der Waals surface area contributed by atoms with E-state index in [-0.39, 0.29) is 11.4 Å². The highest BCUT2D eigenvalue weighted by atomic mass is 79.9. The summed E-state index contributed by atoms with van der Waals surface area (Å²) in [5.74, 6) is -0.204. The fourth-order valence-corrected chi connectivity index (χ4v) is 2.43. The smallest absolute Gasteiger partial charge is 0.124 e. The first-order chi connectivity index (χ1) is 7.59. The lowest BCUT2D eigenvalue weighted by molar-refractivity contribution is 0.385. The molecule has 16 heavy (non-hydrogen) atoms. The average molecular weight is 287 g/mol. The third kappa shape index (κ3) is 2.81. The summed E-state index contributed by atoms with van der Waals surface area (Å²) in [5.41, 5.74) is 1.25. The van der Waals surface area contributed by atoms with Crippen molar-refractivity contribution in [3.05, 3.63) is 34.1 Å². The Labute approximate surface area is 104 Å². The van der Waals surface area contributed by atoms with Gasteiger partial charge in [-0.25, -0.2) is 4.39 Å². The summed E-state index contributed by atoms with van der Waals surface area (Å²) < 4.78 is 13.7. The summed E-state index contributed by atoms with van der Waals surface area (Å²) in [4.78, 5) is 0. The zero-order valence-electron chi connectivity index (χ0n) is 9.32. The monoisotopic (exact) mass is 286 g/mol. The molecule has 1 aromatic rings. The highest BCUT2D eigenvalue weighted by molar-refractivity contribution is 9.10. The molecule has 1 atom stereocenters. The highest BCUT2D eigenvalue weighted by Gasteiger charge is 2.27. The first-order valence-electron chi connectivity index (χ1n) is 5.49. The maximum absolute atomic E-state index is 12.9. The summed E-state index contributed by atoms with van der Waals surface area (Å²) in [6, 6.07) is 4.82. The lowest BCUT2D eigenvalue weighted by Gasteiger charge is -2.24. The molecule has 2 nitrogen and oxygen atoms in total. The number of rotatable bonds is 3. The third-order valence-corrected chi connectivity index (χ3v) is 3.83. The minimum absolute atomic E-state index is 0.161. The molecule has 1 aromatic carbocycles. The quantitative estimate of drug-likeness (QED) is 0.892. The molecule has 0 amide bonds. The zero-order valence-corrected chi connectivity index (χ0v) is 10.9. The van der Waals surface area contributed by atoms with Gasteiger partial charge in [-0.2, -0.15) is 0 Å². The number of nitrogens with one attached hydrogen (secondary N) is 2. The number of halogens is 2. The Kier molecular flexibility index (Phi) is 3.62. The van der Waals surface area contributed by atoms with E-state index in [2.05, 4.69) is 33.5 Å². The van der Waals surface area contributed by atoms with Crippen LogP contribution in [-0.4, -0.2) is 18.6 Å². The van der Waals surface area contributed by atoms with E-state index in [0.29, 0.717) is 0 Å². The highest BCUT2D eigenvalue weighted by Crippen LogP contribution is 2.20. The molecule has 2 N–H and O–H groups in total. The van der Waals surface area contributed by atoms with Gasteiger partial charge in [-0.3, -0.25) is 0 Å². The van der Waals surface area contributed by atoms with E-state index in [1.807, 2.05) is 6.07 Å². The van der Waals surface area contributed by atoms with E-state index >= 15 is 0 Å². The van der Waals surface area contributed by atoms with E-state index in [1.54, 1.807) is 0 Å². The molecule has 88 valence electrons. The molecule has 1 saturated heterocycles. The van der Waals surface area contributed by atoms with Crippen LogP contribution < -0.4 is 10.6 Å². The summed E-state index contributed by atoms with van der Waals surface area (Å²) in [5, 5.41) is 6.86. The van der Waals surface area contributed by atoms with E-state index in [0.717, 1.165) is 36.1 Å². The van der Waals surface area contributed by atoms with Gasteiger partial charge in [-0.05, 0) is 37.6 Å². The molecule has 1 aliphatic rings. The minimum atomic E-state index is -0.204. The second-order valence-electron chi connectivity index (χ2n) is 4.58. The molecule has 1 unspecified atom stereocenters. The Balaban J connectivity index is 1.99. The largest absolute Gasteiger partial charge is 0.315 e. The number of benzene rings is 1. The zero-order chi connectivity index (χ0) is 11.6. The van der Waals surface area contributed by atoms with Crippen LogP contribution in [0.5, 0.6) is 0 Å². The van der Waals surface area contributed by atoms with Gasteiger partial charge in [0.2, 0.25) is 0 Å². The Morgan fingerprint density at radius 2 is 2.38 bits per heavy atom. The molecule has 1 heterocycles. The van der Waals surface area contributed by atoms with Crippen LogP contribution in [0.3, 0.4) is 0 Å². The second-order valence-corrected chi connectivity index (χ2v) is 5.43. The minimum Gasteiger partial charge on any atom is -0.315 e. The average Bonchev–Trinajstić information content (AvgIpc) is 2.64. The summed E-state index contributed by atoms with van der Waals surface area (Å²) >= 11 is 3.38. The second kappa shape index (κ2) is 4.82. The van der Waals surface area contributed by atoms with Gasteiger partial charge in [-0.15, -0.1) is 0 Å². The van der Waals surface area contributed by atoms with Crippen LogP contribution in [0.25, 0.3) is 0 Å². The number of hydrogen-bond acceptors (Lipinski definition) is 2. The van der Waals surface area contributed by atoms with Crippen LogP contribution in [0.1, 0.15) is 18.9 Å². The van der Waals surface area contributed by atoms with Gasteiger partial charge in [0.25, 0.3) is 0 Å². The van der Waals surface area contributed by atoms with Crippen LogP contribution in [-0.2, 0) is 6.54 Å². The summed E-state index contributed by atoms with van der Waals surface area (Å²) in [6.45, 7) is 5.03. The molecule has 4 heteroatoms. The van der Waals surface area contributed by atoms with Crippen LogP contribution in [0.4, 0.5) is 4.39 Å². The molecule has 0 aliphatic carbocycles. The molecular formula is C12H16BrFN2. The molecule has 1 fully saturated rings. The van der Waals surface area contributed by atoms with Crippen molar-refractivity contribution < 1.29 is 4.39 Å². The van der Waals surface area contributed by atoms with Crippen molar-refractivity contribution in [2.24, 2.45) is 0 Å². The topological polar surface area (TPSA) is 24.1 Å². The van der Waals surface area contributed by atoms with Gasteiger partial charge in [0.1, 0.15) is 5.82 Å². The summed E-state index contributed by atoms with van der Waals surface area (Å²) in [6.07, 6.45) is 1.13. The van der Waals surface area contributed by atoms with Crippen LogP contribution in [0, 0.1) is 5.82 Å². The Morgan fingerprint density at radius 1 is 1.56 bits per heavy atom. The molecule has 0 spiro atoms. The lowest BCUT2D eigenvalue weighted by atomic mass is 10.0. The maximum Gasteiger partial charge on any atom is 0.124 e. The van der Waals surface area contributed by atoms with Crippen LogP contribution >= 0.6 is 15.9 Å². The van der Waals surface area contributed by atoms with Gasteiger partial charge < -0.3 is 10.6 Å². The first-order valence-corrected chi connectivity index (χ1v) is 6.28. The Morgan fingerprint density at radius 3 is 3.00 bits per heavy atom. The van der Waals surface area contributed by atoms with Crippen molar-refractivity contribution in [2.45, 2.75) is 25.4 Å². The van der Waals surface area contributed by atoms with E-state index in [9.17, 15) is 4.39 Å². The molecule has 1 aliphatic heterocycles. The van der Waals surface area contributed by atoms with Crippen molar-refractivity contribution in [3.63, 3.8) is 0 Å². The number of hydrogen-bond donors (Lipinski definition) is 2. The maximum atomic E-state index is 12.9. The van der Waals surface area contributed by atoms with Gasteiger partial charge in [0, 0.05) is 23.1 Å². The van der Waals surface area contributed by atoms with Gasteiger partial charge in [0.15, 0.2) is 0 Å². The fraction of sp³-hybridized carbons (Fsp3) is 0.500. The molecule has 0 saturated carbocycles. The van der Waals surface area contributed by atoms with Gasteiger partial charge >= 0.3 is 0 Å². The van der Waals surface area contributed by atoms with Crippen molar-refractivity contribution in [1.29, 1.82) is 0 Å². The predicted molar refractivity (Wildman–Crippen MR) is 66.8 cm³/mol. The van der Waals surface area contributed by atoms with Crippen LogP contribution in [0.2, 0.25) is 0 Å². The fourth-order valence-electron chi connectivity index (χ4n) is 1.94. The molecule has 0 bridgehead atoms. The molecule has 0 aromatic heterocycles. The van der Waals surface area contributed by atoms with Crippen molar-refractivity contribution in [1.82, 2.24) is 10.6 Å². The summed E-state index contributed by atoms with van der Waals surface area (Å²) in [7, 11) is 0. The molecule has 2 rings (SSSR count). The molecule has 0 radical (unpaired) electrons. The van der Waals surface area contributed by atoms with Crippen molar-refractivity contribution in [3.8, 4) is 0 Å². The lowest BCUT2D eigenvalue weighted by Crippen LogP contribution is -2.43. The normalized spacial score (nSPS) is 24.9. The van der Waals surface area contributed by atoms with Gasteiger partial charge in [-0.1, -0.05) is 22.0 Å². The third-order valence-electron chi connectivity index (χ3n) is 3.09. The van der Waals surface area contributed by atoms with Crippen LogP contribution in [0.15, 0.2) is 22.7 Å². The van der Waals surface area contributed by atoms with E-state index in [1.165, 1.54) is 12.1 Å². The van der Waals surface area contributed by atoms with Crippen molar-refractivity contribution >= 4 is 15.9 Å². The predicted octanol–water partition coefficient (Wildman–Crippen LogP) is 2.43. The van der Waals surface area contributed by atoms with E-state index < -0.39 is 0 Å². The Hall–Kier alpha value is -0.450. The van der Waals surface area contributed by atoms with E-state index in [4.69, 9.17) is 0 Å². The van der Waals surface area contributed by atoms with Gasteiger partial charge in [0.05, 0.1) is 0 Å². The molecular weight excluding hydrogens is 271 g/mol. The standard InChI is InChI=1S/C12H16BrFN2/c1-12(4-5-15-8-12)16-7-9-2-3-10(14)6-11(9)13/h2-3,6,15-16H,4-5,7-8H2,1H3. The Bertz CT molecular complexity index is 375. The first kappa shape index (κ1) is 12.0. The van der Waals surface area contributed by atoms with Crippen molar-refractivity contribution in [2.75, 3.05) is 13.1 Å². The SMILES string of the molecule is CC1(NCc2ccc(F)cc2Br)CCNC1.